The third kappa shape index (κ3) is 6.57. The lowest BCUT2D eigenvalue weighted by Gasteiger charge is -2.22. The summed E-state index contributed by atoms with van der Waals surface area (Å²) in [5.74, 6) is -1.33. The highest BCUT2D eigenvalue weighted by molar-refractivity contribution is 5.81. The number of nitrogens with zero attached hydrogens (tertiary/aromatic N) is 1. The van der Waals surface area contributed by atoms with Crippen LogP contribution in [0.1, 0.15) is 36.8 Å². The molecule has 0 heterocycles. The molecule has 0 fully saturated rings. The van der Waals surface area contributed by atoms with Gasteiger partial charge in [0.1, 0.15) is 13.2 Å². The third-order valence-corrected chi connectivity index (χ3v) is 6.02. The van der Waals surface area contributed by atoms with Crippen LogP contribution >= 0.6 is 0 Å². The number of nitrogens with one attached hydrogen (secondary N) is 1. The van der Waals surface area contributed by atoms with Gasteiger partial charge in [-0.05, 0) is 34.6 Å². The second-order valence-corrected chi connectivity index (χ2v) is 8.55. The summed E-state index contributed by atoms with van der Waals surface area (Å²) >= 11 is 0. The van der Waals surface area contributed by atoms with Gasteiger partial charge in [-0.3, -0.25) is 9.59 Å². The van der Waals surface area contributed by atoms with Crippen molar-refractivity contribution in [3.8, 4) is 11.1 Å². The van der Waals surface area contributed by atoms with Gasteiger partial charge in [-0.25, -0.2) is 4.79 Å². The number of carboxylic acids is 1. The number of aliphatic carboxylic acids is 1. The van der Waals surface area contributed by atoms with E-state index in [1.54, 1.807) is 0 Å². The fourth-order valence-electron chi connectivity index (χ4n) is 4.26. The largest absolute Gasteiger partial charge is 0.480 e. The molecule has 2 amide bonds. The van der Waals surface area contributed by atoms with Gasteiger partial charge in [0, 0.05) is 32.5 Å². The molecule has 0 aromatic heterocycles. The van der Waals surface area contributed by atoms with Gasteiger partial charge in [-0.15, -0.1) is 0 Å². The van der Waals surface area contributed by atoms with E-state index in [9.17, 15) is 14.4 Å². The molecule has 2 N–H and O–H groups in total. The van der Waals surface area contributed by atoms with Crippen LogP contribution in [0, 0.1) is 5.92 Å². The molecule has 0 saturated carbocycles. The zero-order chi connectivity index (χ0) is 24.5. The number of fused-ring (bicyclic) bond motifs is 3. The Morgan fingerprint density at radius 1 is 1.06 bits per heavy atom. The number of hydrogen-bond donors (Lipinski definition) is 2. The normalized spacial score (nSPS) is 13.0. The molecule has 1 unspecified atom stereocenters. The van der Waals surface area contributed by atoms with Gasteiger partial charge >= 0.3 is 12.1 Å². The first-order valence-corrected chi connectivity index (χ1v) is 11.5. The Bertz CT molecular complexity index is 963. The Kier molecular flexibility index (Phi) is 9.04. The molecule has 0 aliphatic heterocycles. The maximum Gasteiger partial charge on any atom is 0.407 e. The van der Waals surface area contributed by atoms with Crippen molar-refractivity contribution in [2.45, 2.75) is 25.7 Å². The van der Waals surface area contributed by atoms with Crippen molar-refractivity contribution in [1.29, 1.82) is 0 Å². The lowest BCUT2D eigenvalue weighted by molar-refractivity contribution is -0.145. The topological polar surface area (TPSA) is 105 Å². The number of carboxylic acid groups (broad SMARTS) is 1. The fourth-order valence-corrected chi connectivity index (χ4v) is 4.26. The van der Waals surface area contributed by atoms with Crippen LogP contribution in [0.4, 0.5) is 4.79 Å². The second kappa shape index (κ2) is 12.2. The highest BCUT2D eigenvalue weighted by Gasteiger charge is 2.29. The van der Waals surface area contributed by atoms with E-state index in [4.69, 9.17) is 14.6 Å². The molecule has 1 atom stereocenters. The maximum atomic E-state index is 12.4. The molecule has 8 nitrogen and oxygen atoms in total. The summed E-state index contributed by atoms with van der Waals surface area (Å²) in [4.78, 5) is 37.0. The summed E-state index contributed by atoms with van der Waals surface area (Å²) in [5.41, 5.74) is 4.66. The van der Waals surface area contributed by atoms with Crippen molar-refractivity contribution in [2.75, 3.05) is 40.0 Å². The molecule has 2 aromatic rings. The van der Waals surface area contributed by atoms with Crippen molar-refractivity contribution in [1.82, 2.24) is 10.2 Å². The molecule has 0 radical (unpaired) electrons. The number of amides is 2. The molecule has 8 heteroatoms. The fraction of sp³-hybridized carbons (Fsp3) is 0.423. The average Bonchev–Trinajstić information content (AvgIpc) is 3.14. The number of hydrogen-bond acceptors (Lipinski definition) is 5. The Balaban J connectivity index is 1.43. The minimum Gasteiger partial charge on any atom is -0.480 e. The predicted octanol–water partition coefficient (Wildman–Crippen LogP) is 3.50. The predicted molar refractivity (Wildman–Crippen MR) is 128 cm³/mol. The van der Waals surface area contributed by atoms with E-state index >= 15 is 0 Å². The van der Waals surface area contributed by atoms with Gasteiger partial charge < -0.3 is 24.8 Å². The summed E-state index contributed by atoms with van der Waals surface area (Å²) < 4.78 is 10.5. The van der Waals surface area contributed by atoms with Crippen LogP contribution in [0.5, 0.6) is 0 Å². The Hall–Kier alpha value is -3.39. The van der Waals surface area contributed by atoms with Gasteiger partial charge in [0.15, 0.2) is 0 Å². The third-order valence-electron chi connectivity index (χ3n) is 6.02. The standard InChI is InChI=1S/C26H32N2O6/c1-18(15-24(29)28(13-14-33-2)16-25(30)31)11-12-27-26(32)34-17-23-21-9-5-3-7-19(21)20-8-4-6-10-22(20)23/h3-10,18,23H,11-17H2,1-2H3,(H,27,32)(H,30,31). The van der Waals surface area contributed by atoms with Gasteiger partial charge in [0.25, 0.3) is 0 Å². The molecule has 1 aliphatic carbocycles. The first-order valence-electron chi connectivity index (χ1n) is 11.5. The molecule has 0 spiro atoms. The first kappa shape index (κ1) is 25.2. The molecule has 2 aromatic carbocycles. The molecule has 34 heavy (non-hydrogen) atoms. The minimum atomic E-state index is -1.06. The van der Waals surface area contributed by atoms with Gasteiger partial charge in [-0.1, -0.05) is 55.5 Å². The monoisotopic (exact) mass is 468 g/mol. The van der Waals surface area contributed by atoms with Crippen molar-refractivity contribution >= 4 is 18.0 Å². The van der Waals surface area contributed by atoms with E-state index in [2.05, 4.69) is 29.6 Å². The molecule has 1 aliphatic rings. The number of ether oxygens (including phenoxy) is 2. The Labute approximate surface area is 199 Å². The Morgan fingerprint density at radius 2 is 1.68 bits per heavy atom. The Morgan fingerprint density at radius 3 is 2.26 bits per heavy atom. The molecule has 3 rings (SSSR count). The molecule has 0 saturated heterocycles. The number of benzene rings is 2. The van der Waals surface area contributed by atoms with E-state index < -0.39 is 12.1 Å². The maximum absolute atomic E-state index is 12.4. The number of methoxy groups -OCH3 is 1. The first-order chi connectivity index (χ1) is 16.4. The second-order valence-electron chi connectivity index (χ2n) is 8.55. The van der Waals surface area contributed by atoms with Crippen LogP contribution < -0.4 is 5.32 Å². The van der Waals surface area contributed by atoms with Crippen molar-refractivity contribution < 1.29 is 29.0 Å². The highest BCUT2D eigenvalue weighted by atomic mass is 16.5. The zero-order valence-electron chi connectivity index (χ0n) is 19.7. The van der Waals surface area contributed by atoms with Crippen molar-refractivity contribution in [3.05, 3.63) is 59.7 Å². The summed E-state index contributed by atoms with van der Waals surface area (Å²) in [6.45, 7) is 2.66. The van der Waals surface area contributed by atoms with E-state index in [-0.39, 0.29) is 50.5 Å². The number of carbonyl (C=O) groups is 3. The lowest BCUT2D eigenvalue weighted by atomic mass is 9.98. The number of rotatable bonds is 12. The highest BCUT2D eigenvalue weighted by Crippen LogP contribution is 2.44. The van der Waals surface area contributed by atoms with Gasteiger partial charge in [0.2, 0.25) is 5.91 Å². The SMILES string of the molecule is COCCN(CC(=O)O)C(=O)CC(C)CCNC(=O)OCC1c2ccccc2-c2ccccc21. The summed E-state index contributed by atoms with van der Waals surface area (Å²) in [7, 11) is 1.50. The number of alkyl carbamates (subject to hydrolysis) is 1. The van der Waals surface area contributed by atoms with E-state index in [1.807, 2.05) is 31.2 Å². The van der Waals surface area contributed by atoms with Gasteiger partial charge in [0.05, 0.1) is 6.61 Å². The van der Waals surface area contributed by atoms with Crippen LogP contribution in [-0.4, -0.2) is 67.9 Å². The summed E-state index contributed by atoms with van der Waals surface area (Å²) in [5, 5.41) is 11.8. The van der Waals surface area contributed by atoms with Gasteiger partial charge in [-0.2, -0.15) is 0 Å². The van der Waals surface area contributed by atoms with Crippen LogP contribution in [0.3, 0.4) is 0 Å². The summed E-state index contributed by atoms with van der Waals surface area (Å²) in [6.07, 6.45) is 0.276. The zero-order valence-corrected chi connectivity index (χ0v) is 19.7. The van der Waals surface area contributed by atoms with E-state index in [1.165, 1.54) is 23.1 Å². The molecule has 182 valence electrons. The van der Waals surface area contributed by atoms with E-state index in [0.29, 0.717) is 13.0 Å². The van der Waals surface area contributed by atoms with E-state index in [0.717, 1.165) is 11.1 Å². The number of carbonyl (C=O) groups excluding carboxylic acids is 2. The molecular formula is C26H32N2O6. The lowest BCUT2D eigenvalue weighted by Crippen LogP contribution is -2.38. The van der Waals surface area contributed by atoms with Crippen LogP contribution in [-0.2, 0) is 19.1 Å². The quantitative estimate of drug-likeness (QED) is 0.494. The van der Waals surface area contributed by atoms with Crippen molar-refractivity contribution in [3.63, 3.8) is 0 Å². The van der Waals surface area contributed by atoms with Crippen LogP contribution in [0.15, 0.2) is 48.5 Å². The van der Waals surface area contributed by atoms with Crippen LogP contribution in [0.25, 0.3) is 11.1 Å². The smallest absolute Gasteiger partial charge is 0.407 e. The van der Waals surface area contributed by atoms with Crippen molar-refractivity contribution in [2.24, 2.45) is 5.92 Å². The van der Waals surface area contributed by atoms with Crippen LogP contribution in [0.2, 0.25) is 0 Å². The molecular weight excluding hydrogens is 436 g/mol. The minimum absolute atomic E-state index is 0.00186. The summed E-state index contributed by atoms with van der Waals surface area (Å²) in [6, 6.07) is 16.3. The molecule has 0 bridgehead atoms. The average molecular weight is 469 g/mol.